The Bertz CT molecular complexity index is 824. The van der Waals surface area contributed by atoms with Gasteiger partial charge in [-0.2, -0.15) is 30.2 Å². The second-order valence-corrected chi connectivity index (χ2v) is 8.87. The lowest BCUT2D eigenvalue weighted by atomic mass is 10.1. The van der Waals surface area contributed by atoms with Crippen LogP contribution in [0.2, 0.25) is 5.02 Å². The molecule has 1 fully saturated rings. The van der Waals surface area contributed by atoms with Crippen LogP contribution in [0.3, 0.4) is 0 Å². The van der Waals surface area contributed by atoms with Crippen LogP contribution in [0.1, 0.15) is 19.4 Å². The van der Waals surface area contributed by atoms with Crippen LogP contribution in [0.15, 0.2) is 18.2 Å². The number of amides is 1. The van der Waals surface area contributed by atoms with Gasteiger partial charge in [-0.3, -0.25) is 9.69 Å². The Morgan fingerprint density at radius 3 is 2.28 bits per heavy atom. The summed E-state index contributed by atoms with van der Waals surface area (Å²) in [7, 11) is -3.55. The molecule has 0 aliphatic carbocycles. The molecule has 1 aliphatic rings. The predicted octanol–water partition coefficient (Wildman–Crippen LogP) is 2.50. The maximum absolute atomic E-state index is 13.1. The van der Waals surface area contributed by atoms with Crippen LogP contribution in [-0.2, 0) is 21.2 Å². The van der Waals surface area contributed by atoms with E-state index in [0.29, 0.717) is 26.2 Å². The van der Waals surface area contributed by atoms with Gasteiger partial charge in [-0.1, -0.05) is 25.4 Å². The van der Waals surface area contributed by atoms with E-state index in [4.69, 9.17) is 11.6 Å². The quantitative estimate of drug-likeness (QED) is 0.684. The summed E-state index contributed by atoms with van der Waals surface area (Å²) in [6, 6.07) is 3.13. The van der Waals surface area contributed by atoms with Crippen molar-refractivity contribution < 1.29 is 26.4 Å². The molecule has 0 spiro atoms. The van der Waals surface area contributed by atoms with Gasteiger partial charge in [0, 0.05) is 44.3 Å². The Balaban J connectivity index is 1.96. The first-order valence-electron chi connectivity index (χ1n) is 9.13. The molecule has 0 bridgehead atoms. The molecular formula is C17H24ClF3N4O3S. The van der Waals surface area contributed by atoms with Gasteiger partial charge in [0.1, 0.15) is 0 Å². The van der Waals surface area contributed by atoms with Crippen molar-refractivity contribution in [3.63, 3.8) is 0 Å². The number of piperazine rings is 1. The van der Waals surface area contributed by atoms with E-state index in [1.807, 2.05) is 0 Å². The van der Waals surface area contributed by atoms with Crippen molar-refractivity contribution in [1.82, 2.24) is 13.5 Å². The summed E-state index contributed by atoms with van der Waals surface area (Å²) in [6.45, 7) is 5.14. The fourth-order valence-electron chi connectivity index (χ4n) is 3.08. The molecule has 1 saturated heterocycles. The monoisotopic (exact) mass is 456 g/mol. The number of anilines is 1. The highest BCUT2D eigenvalue weighted by atomic mass is 35.5. The minimum Gasteiger partial charge on any atom is -0.324 e. The van der Waals surface area contributed by atoms with E-state index in [9.17, 15) is 26.4 Å². The summed E-state index contributed by atoms with van der Waals surface area (Å²) in [4.78, 5) is 13.9. The Labute approximate surface area is 173 Å². The number of benzene rings is 1. The number of hydrogen-bond donors (Lipinski definition) is 1. The van der Waals surface area contributed by atoms with Crippen LogP contribution < -0.4 is 5.32 Å². The van der Waals surface area contributed by atoms with Gasteiger partial charge >= 0.3 is 6.18 Å². The average molecular weight is 457 g/mol. The SMILES string of the molecule is CCN(CC)S(=O)(=O)N1CCN(CC(=O)Nc2ccc(Cl)cc2C(F)(F)F)CC1. The van der Waals surface area contributed by atoms with Gasteiger partial charge in [-0.25, -0.2) is 0 Å². The molecule has 0 atom stereocenters. The standard InChI is InChI=1S/C17H24ClF3N4O3S/c1-3-24(4-2)29(27,28)25-9-7-23(8-10-25)12-16(26)22-15-6-5-13(18)11-14(15)17(19,20)21/h5-6,11H,3-4,7-10,12H2,1-2H3,(H,22,26). The number of nitrogens with zero attached hydrogens (tertiary/aromatic N) is 3. The Morgan fingerprint density at radius 2 is 1.76 bits per heavy atom. The van der Waals surface area contributed by atoms with E-state index in [0.717, 1.165) is 12.1 Å². The minimum absolute atomic E-state index is 0.0825. The molecule has 0 unspecified atom stereocenters. The molecule has 0 radical (unpaired) electrons. The number of nitrogens with one attached hydrogen (secondary N) is 1. The normalized spacial score (nSPS) is 16.9. The van der Waals surface area contributed by atoms with Crippen molar-refractivity contribution in [1.29, 1.82) is 0 Å². The highest BCUT2D eigenvalue weighted by molar-refractivity contribution is 7.86. The first-order valence-corrected chi connectivity index (χ1v) is 10.9. The Hall–Kier alpha value is -1.40. The molecule has 7 nitrogen and oxygen atoms in total. The zero-order valence-electron chi connectivity index (χ0n) is 16.2. The summed E-state index contributed by atoms with van der Waals surface area (Å²) < 4.78 is 67.1. The molecule has 12 heteroatoms. The van der Waals surface area contributed by atoms with Crippen molar-refractivity contribution >= 4 is 33.4 Å². The van der Waals surface area contributed by atoms with E-state index in [1.165, 1.54) is 14.7 Å². The van der Waals surface area contributed by atoms with Crippen LogP contribution in [0.5, 0.6) is 0 Å². The molecule has 2 rings (SSSR count). The fourth-order valence-corrected chi connectivity index (χ4v) is 4.86. The maximum atomic E-state index is 13.1. The molecule has 164 valence electrons. The van der Waals surface area contributed by atoms with Crippen molar-refractivity contribution in [2.45, 2.75) is 20.0 Å². The summed E-state index contributed by atoms with van der Waals surface area (Å²) in [5.41, 5.74) is -1.39. The molecule has 29 heavy (non-hydrogen) atoms. The molecule has 1 aliphatic heterocycles. The number of rotatable bonds is 7. The van der Waals surface area contributed by atoms with E-state index in [2.05, 4.69) is 5.32 Å². The van der Waals surface area contributed by atoms with Gasteiger partial charge in [0.05, 0.1) is 17.8 Å². The second-order valence-electron chi connectivity index (χ2n) is 6.50. The lowest BCUT2D eigenvalue weighted by Gasteiger charge is -2.36. The molecule has 0 saturated carbocycles. The van der Waals surface area contributed by atoms with Gasteiger partial charge in [-0.05, 0) is 18.2 Å². The third-order valence-electron chi connectivity index (χ3n) is 4.62. The summed E-state index contributed by atoms with van der Waals surface area (Å²) >= 11 is 5.63. The third-order valence-corrected chi connectivity index (χ3v) is 7.04. The molecule has 0 aromatic heterocycles. The molecule has 1 amide bonds. The Morgan fingerprint density at radius 1 is 1.17 bits per heavy atom. The second kappa shape index (κ2) is 9.61. The predicted molar refractivity (Wildman–Crippen MR) is 105 cm³/mol. The van der Waals surface area contributed by atoms with Crippen LogP contribution >= 0.6 is 11.6 Å². The van der Waals surface area contributed by atoms with Crippen molar-refractivity contribution in [3.05, 3.63) is 28.8 Å². The first kappa shape index (κ1) is 23.9. The van der Waals surface area contributed by atoms with E-state index >= 15 is 0 Å². The van der Waals surface area contributed by atoms with Gasteiger partial charge in [0.25, 0.3) is 10.2 Å². The number of alkyl halides is 3. The van der Waals surface area contributed by atoms with Crippen molar-refractivity contribution in [2.24, 2.45) is 0 Å². The van der Waals surface area contributed by atoms with Gasteiger partial charge in [0.15, 0.2) is 0 Å². The number of carbonyl (C=O) groups excluding carboxylic acids is 1. The number of halogens is 4. The zero-order chi connectivity index (χ0) is 21.8. The largest absolute Gasteiger partial charge is 0.418 e. The highest BCUT2D eigenvalue weighted by Crippen LogP contribution is 2.36. The summed E-state index contributed by atoms with van der Waals surface area (Å²) in [5.74, 6) is -0.613. The van der Waals surface area contributed by atoms with Gasteiger partial charge < -0.3 is 5.32 Å². The van der Waals surface area contributed by atoms with E-state index in [1.54, 1.807) is 18.7 Å². The van der Waals surface area contributed by atoms with Gasteiger partial charge in [-0.15, -0.1) is 0 Å². The van der Waals surface area contributed by atoms with Gasteiger partial charge in [0.2, 0.25) is 5.91 Å². The Kier molecular flexibility index (Phi) is 7.91. The van der Waals surface area contributed by atoms with E-state index in [-0.39, 0.29) is 30.3 Å². The van der Waals surface area contributed by atoms with Crippen LogP contribution in [0, 0.1) is 0 Å². The molecular weight excluding hydrogens is 433 g/mol. The summed E-state index contributed by atoms with van der Waals surface area (Å²) in [6.07, 6.45) is -4.65. The smallest absolute Gasteiger partial charge is 0.324 e. The summed E-state index contributed by atoms with van der Waals surface area (Å²) in [5, 5.41) is 2.19. The minimum atomic E-state index is -4.65. The molecule has 1 heterocycles. The van der Waals surface area contributed by atoms with Crippen molar-refractivity contribution in [2.75, 3.05) is 51.1 Å². The van der Waals surface area contributed by atoms with Crippen LogP contribution in [-0.4, -0.2) is 73.6 Å². The third kappa shape index (κ3) is 6.05. The number of carbonyl (C=O) groups is 1. The topological polar surface area (TPSA) is 73.0 Å². The molecule has 1 N–H and O–H groups in total. The average Bonchev–Trinajstić information content (AvgIpc) is 2.63. The van der Waals surface area contributed by atoms with E-state index < -0.39 is 27.9 Å². The lowest BCUT2D eigenvalue weighted by molar-refractivity contribution is -0.137. The zero-order valence-corrected chi connectivity index (χ0v) is 17.7. The maximum Gasteiger partial charge on any atom is 0.418 e. The van der Waals surface area contributed by atoms with Crippen LogP contribution in [0.4, 0.5) is 18.9 Å². The van der Waals surface area contributed by atoms with Crippen LogP contribution in [0.25, 0.3) is 0 Å². The highest BCUT2D eigenvalue weighted by Gasteiger charge is 2.35. The van der Waals surface area contributed by atoms with Crippen molar-refractivity contribution in [3.8, 4) is 0 Å². The number of hydrogen-bond acceptors (Lipinski definition) is 4. The first-order chi connectivity index (χ1) is 13.5. The fraction of sp³-hybridized carbons (Fsp3) is 0.588. The lowest BCUT2D eigenvalue weighted by Crippen LogP contribution is -2.54. The molecule has 1 aromatic carbocycles. The molecule has 1 aromatic rings.